The minimum atomic E-state index is -0.241. The van der Waals surface area contributed by atoms with E-state index in [1.807, 2.05) is 18.2 Å². The highest BCUT2D eigenvalue weighted by Crippen LogP contribution is 2.32. The van der Waals surface area contributed by atoms with Gasteiger partial charge in [0.15, 0.2) is 16.3 Å². The summed E-state index contributed by atoms with van der Waals surface area (Å²) in [7, 11) is 0. The molecule has 0 aliphatic carbocycles. The molecule has 3 aromatic rings. The van der Waals surface area contributed by atoms with E-state index >= 15 is 0 Å². The molecule has 1 amide bonds. The summed E-state index contributed by atoms with van der Waals surface area (Å²) >= 11 is 5.42. The number of nitrogens with one attached hydrogen (secondary N) is 2. The first-order valence-corrected chi connectivity index (χ1v) is 11.1. The third kappa shape index (κ3) is 4.53. The first-order valence-electron chi connectivity index (χ1n) is 10.7. The third-order valence-corrected chi connectivity index (χ3v) is 5.99. The second kappa shape index (κ2) is 9.54. The van der Waals surface area contributed by atoms with Crippen molar-refractivity contribution < 1.29 is 14.3 Å². The molecule has 9 heteroatoms. The zero-order valence-corrected chi connectivity index (χ0v) is 19.0. The van der Waals surface area contributed by atoms with Crippen LogP contribution in [0.1, 0.15) is 29.8 Å². The summed E-state index contributed by atoms with van der Waals surface area (Å²) in [6.45, 7) is 7.83. The Hall–Kier alpha value is -3.17. The lowest BCUT2D eigenvalue weighted by atomic mass is 10.1. The zero-order chi connectivity index (χ0) is 22.7. The standard InChI is InChI=1S/C23H26N4O4S/c1-3-26(4-2)9-10-27-22(29)17-7-6-16(12-18(17)25-23(27)32)21(28)24-13-15-5-8-19-20(11-15)31-14-30-19/h5-8,11-12H,3-4,9-10,13-14H2,1-2H3,(H,24,28)(H,25,32). The number of ether oxygens (including phenoxy) is 2. The van der Waals surface area contributed by atoms with Gasteiger partial charge in [-0.2, -0.15) is 0 Å². The number of carbonyl (C=O) groups excluding carboxylic acids is 1. The Labute approximate surface area is 190 Å². The van der Waals surface area contributed by atoms with Crippen LogP contribution in [-0.2, 0) is 13.1 Å². The molecule has 0 spiro atoms. The van der Waals surface area contributed by atoms with Crippen LogP contribution in [0.25, 0.3) is 10.9 Å². The van der Waals surface area contributed by atoms with Crippen molar-refractivity contribution in [2.24, 2.45) is 0 Å². The van der Waals surface area contributed by atoms with Crippen molar-refractivity contribution in [2.75, 3.05) is 26.4 Å². The van der Waals surface area contributed by atoms with Gasteiger partial charge in [0.05, 0.1) is 10.9 Å². The molecule has 0 fully saturated rings. The molecular weight excluding hydrogens is 428 g/mol. The van der Waals surface area contributed by atoms with Crippen molar-refractivity contribution in [2.45, 2.75) is 26.9 Å². The van der Waals surface area contributed by atoms with Crippen molar-refractivity contribution in [3.05, 3.63) is 62.6 Å². The Morgan fingerprint density at radius 3 is 2.72 bits per heavy atom. The highest BCUT2D eigenvalue weighted by Gasteiger charge is 2.14. The Morgan fingerprint density at radius 1 is 1.16 bits per heavy atom. The fourth-order valence-corrected chi connectivity index (χ4v) is 4.00. The summed E-state index contributed by atoms with van der Waals surface area (Å²) in [5.41, 5.74) is 1.75. The van der Waals surface area contributed by atoms with Crippen LogP contribution in [0.15, 0.2) is 41.2 Å². The zero-order valence-electron chi connectivity index (χ0n) is 18.1. The van der Waals surface area contributed by atoms with Gasteiger partial charge in [0, 0.05) is 25.2 Å². The highest BCUT2D eigenvalue weighted by molar-refractivity contribution is 7.71. The quantitative estimate of drug-likeness (QED) is 0.509. The molecule has 0 unspecified atom stereocenters. The van der Waals surface area contributed by atoms with E-state index in [1.54, 1.807) is 22.8 Å². The van der Waals surface area contributed by atoms with Crippen LogP contribution in [0.5, 0.6) is 11.5 Å². The normalized spacial score (nSPS) is 12.5. The van der Waals surface area contributed by atoms with Crippen LogP contribution < -0.4 is 20.3 Å². The lowest BCUT2D eigenvalue weighted by molar-refractivity contribution is 0.0951. The molecule has 0 saturated carbocycles. The Kier molecular flexibility index (Phi) is 6.57. The van der Waals surface area contributed by atoms with E-state index in [2.05, 4.69) is 29.0 Å². The van der Waals surface area contributed by atoms with Gasteiger partial charge in [0.2, 0.25) is 6.79 Å². The predicted molar refractivity (Wildman–Crippen MR) is 125 cm³/mol. The number of aromatic nitrogens is 2. The molecule has 0 bridgehead atoms. The highest BCUT2D eigenvalue weighted by atomic mass is 32.1. The number of fused-ring (bicyclic) bond motifs is 2. The minimum Gasteiger partial charge on any atom is -0.454 e. The van der Waals surface area contributed by atoms with Gasteiger partial charge in [-0.25, -0.2) is 0 Å². The van der Waals surface area contributed by atoms with E-state index in [0.29, 0.717) is 45.8 Å². The van der Waals surface area contributed by atoms with E-state index in [1.165, 1.54) is 0 Å². The smallest absolute Gasteiger partial charge is 0.262 e. The molecule has 0 atom stereocenters. The molecule has 8 nitrogen and oxygen atoms in total. The maximum Gasteiger partial charge on any atom is 0.262 e. The first-order chi connectivity index (χ1) is 15.5. The predicted octanol–water partition coefficient (Wildman–Crippen LogP) is 3.06. The molecule has 168 valence electrons. The number of aromatic amines is 1. The van der Waals surface area contributed by atoms with Gasteiger partial charge in [-0.1, -0.05) is 19.9 Å². The number of hydrogen-bond donors (Lipinski definition) is 2. The average molecular weight is 455 g/mol. The molecule has 2 N–H and O–H groups in total. The van der Waals surface area contributed by atoms with Crippen LogP contribution in [0.3, 0.4) is 0 Å². The van der Waals surface area contributed by atoms with Crippen molar-refractivity contribution in [3.8, 4) is 11.5 Å². The van der Waals surface area contributed by atoms with Gasteiger partial charge in [-0.15, -0.1) is 0 Å². The maximum atomic E-state index is 13.0. The van der Waals surface area contributed by atoms with Crippen molar-refractivity contribution in [1.82, 2.24) is 19.8 Å². The fourth-order valence-electron chi connectivity index (χ4n) is 3.72. The van der Waals surface area contributed by atoms with Gasteiger partial charge < -0.3 is 24.7 Å². The van der Waals surface area contributed by atoms with E-state index in [9.17, 15) is 9.59 Å². The third-order valence-electron chi connectivity index (χ3n) is 5.67. The van der Waals surface area contributed by atoms with Crippen LogP contribution in [0.2, 0.25) is 0 Å². The number of benzene rings is 2. The number of likely N-dealkylation sites (N-methyl/N-ethyl adjacent to an activating group) is 1. The van der Waals surface area contributed by atoms with Crippen LogP contribution in [-0.4, -0.2) is 46.8 Å². The van der Waals surface area contributed by atoms with Gasteiger partial charge >= 0.3 is 0 Å². The number of H-pyrrole nitrogens is 1. The molecular formula is C23H26N4O4S. The fraction of sp³-hybridized carbons (Fsp3) is 0.348. The summed E-state index contributed by atoms with van der Waals surface area (Å²) in [4.78, 5) is 31.0. The number of hydrogen-bond acceptors (Lipinski definition) is 6. The van der Waals surface area contributed by atoms with Gasteiger partial charge in [0.25, 0.3) is 11.5 Å². The van der Waals surface area contributed by atoms with Gasteiger partial charge in [-0.3, -0.25) is 14.2 Å². The van der Waals surface area contributed by atoms with Gasteiger partial charge in [-0.05, 0) is 61.2 Å². The molecule has 1 aliphatic rings. The molecule has 1 aliphatic heterocycles. The van der Waals surface area contributed by atoms with Crippen molar-refractivity contribution >= 4 is 29.0 Å². The molecule has 1 aromatic heterocycles. The topological polar surface area (TPSA) is 88.6 Å². The Morgan fingerprint density at radius 2 is 1.94 bits per heavy atom. The maximum absolute atomic E-state index is 13.0. The number of carbonyl (C=O) groups is 1. The molecule has 4 rings (SSSR count). The van der Waals surface area contributed by atoms with E-state index < -0.39 is 0 Å². The second-order valence-corrected chi connectivity index (χ2v) is 7.93. The van der Waals surface area contributed by atoms with Gasteiger partial charge in [0.1, 0.15) is 0 Å². The molecule has 2 heterocycles. The van der Waals surface area contributed by atoms with Crippen LogP contribution in [0, 0.1) is 4.77 Å². The molecule has 32 heavy (non-hydrogen) atoms. The summed E-state index contributed by atoms with van der Waals surface area (Å²) in [6, 6.07) is 10.5. The molecule has 2 aromatic carbocycles. The number of nitrogens with zero attached hydrogens (tertiary/aromatic N) is 2. The summed E-state index contributed by atoms with van der Waals surface area (Å²) in [6.07, 6.45) is 0. The molecule has 0 radical (unpaired) electrons. The Bertz CT molecular complexity index is 1260. The van der Waals surface area contributed by atoms with E-state index in [4.69, 9.17) is 21.7 Å². The minimum absolute atomic E-state index is 0.150. The first kappa shape index (κ1) is 22.0. The second-order valence-electron chi connectivity index (χ2n) is 7.54. The largest absolute Gasteiger partial charge is 0.454 e. The van der Waals surface area contributed by atoms with Crippen LogP contribution in [0.4, 0.5) is 0 Å². The summed E-state index contributed by atoms with van der Waals surface area (Å²) < 4.78 is 12.6. The summed E-state index contributed by atoms with van der Waals surface area (Å²) in [5, 5.41) is 3.40. The average Bonchev–Trinajstić information content (AvgIpc) is 3.27. The SMILES string of the molecule is CCN(CC)CCn1c(=S)[nH]c2cc(C(=O)NCc3ccc4c(c3)OCO4)ccc2c1=O. The van der Waals surface area contributed by atoms with Crippen molar-refractivity contribution in [1.29, 1.82) is 0 Å². The monoisotopic (exact) mass is 454 g/mol. The van der Waals surface area contributed by atoms with Crippen LogP contribution >= 0.6 is 12.2 Å². The molecule has 0 saturated heterocycles. The number of amides is 1. The van der Waals surface area contributed by atoms with Crippen molar-refractivity contribution in [3.63, 3.8) is 0 Å². The summed E-state index contributed by atoms with van der Waals surface area (Å²) in [5.74, 6) is 1.13. The lowest BCUT2D eigenvalue weighted by Gasteiger charge is -2.18. The number of rotatable bonds is 8. The van der Waals surface area contributed by atoms with E-state index in [0.717, 1.165) is 25.2 Å². The lowest BCUT2D eigenvalue weighted by Crippen LogP contribution is -2.31. The van der Waals surface area contributed by atoms with E-state index in [-0.39, 0.29) is 18.3 Å². The Balaban J connectivity index is 1.50.